The normalized spacial score (nSPS) is 26.8. The quantitative estimate of drug-likeness (QED) is 0.774. The lowest BCUT2D eigenvalue weighted by Crippen LogP contribution is -2.58. The molecule has 2 fully saturated rings. The van der Waals surface area contributed by atoms with E-state index in [4.69, 9.17) is 12.2 Å². The molecule has 0 bridgehead atoms. The molecule has 2 atom stereocenters. The average Bonchev–Trinajstić information content (AvgIpc) is 2.92. The molecule has 1 aromatic rings. The van der Waals surface area contributed by atoms with Gasteiger partial charge in [0.15, 0.2) is 5.11 Å². The number of fused-ring (bicyclic) bond motifs is 1. The molecule has 0 unspecified atom stereocenters. The highest BCUT2D eigenvalue weighted by molar-refractivity contribution is 7.80. The van der Waals surface area contributed by atoms with Gasteiger partial charge in [0.2, 0.25) is 5.91 Å². The summed E-state index contributed by atoms with van der Waals surface area (Å²) in [6.07, 6.45) is 3.21. The predicted octanol–water partition coefficient (Wildman–Crippen LogP) is 2.41. The van der Waals surface area contributed by atoms with Crippen molar-refractivity contribution in [3.05, 3.63) is 35.9 Å². The number of benzene rings is 1. The molecule has 1 saturated carbocycles. The summed E-state index contributed by atoms with van der Waals surface area (Å²) in [5.74, 6) is 0.345. The largest absolute Gasteiger partial charge is 0.341 e. The second-order valence-corrected chi connectivity index (χ2v) is 5.76. The topological polar surface area (TPSA) is 23.6 Å². The molecule has 1 heterocycles. The lowest BCUT2D eigenvalue weighted by molar-refractivity contribution is -0.134. The molecular weight excluding hydrogens is 256 g/mol. The van der Waals surface area contributed by atoms with Crippen LogP contribution < -0.4 is 0 Å². The van der Waals surface area contributed by atoms with E-state index in [9.17, 15) is 4.79 Å². The summed E-state index contributed by atoms with van der Waals surface area (Å²) in [6, 6.07) is 10.6. The zero-order valence-corrected chi connectivity index (χ0v) is 11.9. The fourth-order valence-corrected chi connectivity index (χ4v) is 3.53. The molecular formula is C15H18N2OS. The maximum absolute atomic E-state index is 12.2. The fraction of sp³-hybridized carbons (Fsp3) is 0.467. The van der Waals surface area contributed by atoms with Crippen molar-refractivity contribution in [2.45, 2.75) is 31.8 Å². The van der Waals surface area contributed by atoms with E-state index in [-0.39, 0.29) is 11.8 Å². The molecule has 1 amide bonds. The van der Waals surface area contributed by atoms with E-state index in [1.807, 2.05) is 18.2 Å². The lowest BCUT2D eigenvalue weighted by Gasteiger charge is -2.43. The first-order chi connectivity index (χ1) is 9.18. The van der Waals surface area contributed by atoms with Gasteiger partial charge in [0.25, 0.3) is 0 Å². The molecule has 1 saturated heterocycles. The molecule has 0 radical (unpaired) electrons. The average molecular weight is 274 g/mol. The third-order valence-corrected chi connectivity index (χ3v) is 4.76. The SMILES string of the molecule is CN1C(=O)[C@@H]2CCC[C@@H]2N(Cc2ccccc2)C1=S. The van der Waals surface area contributed by atoms with Gasteiger partial charge in [0.1, 0.15) is 0 Å². The number of hydrogen-bond acceptors (Lipinski definition) is 2. The van der Waals surface area contributed by atoms with Crippen molar-refractivity contribution in [3.63, 3.8) is 0 Å². The van der Waals surface area contributed by atoms with Crippen molar-refractivity contribution in [3.8, 4) is 0 Å². The third kappa shape index (κ3) is 2.14. The van der Waals surface area contributed by atoms with E-state index in [1.165, 1.54) is 5.56 Å². The van der Waals surface area contributed by atoms with Crippen LogP contribution in [-0.2, 0) is 11.3 Å². The molecule has 0 spiro atoms. The first-order valence-electron chi connectivity index (χ1n) is 6.80. The smallest absolute Gasteiger partial charge is 0.233 e. The fourth-order valence-electron chi connectivity index (χ4n) is 3.24. The monoisotopic (exact) mass is 274 g/mol. The number of nitrogens with zero attached hydrogens (tertiary/aromatic N) is 2. The van der Waals surface area contributed by atoms with Crippen LogP contribution in [0.1, 0.15) is 24.8 Å². The summed E-state index contributed by atoms with van der Waals surface area (Å²) in [7, 11) is 1.80. The molecule has 1 aliphatic heterocycles. The van der Waals surface area contributed by atoms with E-state index in [2.05, 4.69) is 17.0 Å². The Labute approximate surface area is 119 Å². The molecule has 2 aliphatic rings. The number of carbonyl (C=O) groups is 1. The van der Waals surface area contributed by atoms with E-state index >= 15 is 0 Å². The van der Waals surface area contributed by atoms with E-state index in [0.717, 1.165) is 25.8 Å². The van der Waals surface area contributed by atoms with Crippen LogP contribution in [0.25, 0.3) is 0 Å². The third-order valence-electron chi connectivity index (χ3n) is 4.26. The maximum Gasteiger partial charge on any atom is 0.233 e. The highest BCUT2D eigenvalue weighted by Gasteiger charge is 2.44. The van der Waals surface area contributed by atoms with Crippen LogP contribution in [0.3, 0.4) is 0 Å². The lowest BCUT2D eigenvalue weighted by atomic mass is 9.97. The molecule has 100 valence electrons. The first kappa shape index (κ1) is 12.6. The molecule has 1 aliphatic carbocycles. The van der Waals surface area contributed by atoms with Crippen LogP contribution >= 0.6 is 12.2 Å². The van der Waals surface area contributed by atoms with E-state index in [1.54, 1.807) is 11.9 Å². The summed E-state index contributed by atoms with van der Waals surface area (Å²) in [5.41, 5.74) is 1.25. The zero-order valence-electron chi connectivity index (χ0n) is 11.1. The van der Waals surface area contributed by atoms with Gasteiger partial charge in [-0.05, 0) is 30.6 Å². The highest BCUT2D eigenvalue weighted by atomic mass is 32.1. The summed E-state index contributed by atoms with van der Waals surface area (Å²) in [5, 5.41) is 0.678. The summed E-state index contributed by atoms with van der Waals surface area (Å²) >= 11 is 5.48. The number of thiocarbonyl (C=S) groups is 1. The van der Waals surface area contributed by atoms with Crippen molar-refractivity contribution >= 4 is 23.2 Å². The van der Waals surface area contributed by atoms with Gasteiger partial charge in [0, 0.05) is 19.6 Å². The Kier molecular flexibility index (Phi) is 3.27. The summed E-state index contributed by atoms with van der Waals surface area (Å²) in [4.78, 5) is 16.1. The Morgan fingerprint density at radius 1 is 1.26 bits per heavy atom. The van der Waals surface area contributed by atoms with Crippen LogP contribution in [0.4, 0.5) is 0 Å². The standard InChI is InChI=1S/C15H18N2OS/c1-16-14(18)12-8-5-9-13(12)17(15(16)19)10-11-6-3-2-4-7-11/h2-4,6-7,12-13H,5,8-10H2,1H3/t12-,13+/m1/s1. The number of amides is 1. The first-order valence-corrected chi connectivity index (χ1v) is 7.21. The number of rotatable bonds is 2. The zero-order chi connectivity index (χ0) is 13.4. The van der Waals surface area contributed by atoms with Crippen molar-refractivity contribution in [2.24, 2.45) is 5.92 Å². The second-order valence-electron chi connectivity index (χ2n) is 5.40. The van der Waals surface area contributed by atoms with Crippen LogP contribution in [0.15, 0.2) is 30.3 Å². The molecule has 0 N–H and O–H groups in total. The molecule has 4 heteroatoms. The minimum Gasteiger partial charge on any atom is -0.341 e. The molecule has 1 aromatic carbocycles. The minimum absolute atomic E-state index is 0.139. The van der Waals surface area contributed by atoms with Crippen LogP contribution in [0.5, 0.6) is 0 Å². The Morgan fingerprint density at radius 2 is 2.00 bits per heavy atom. The highest BCUT2D eigenvalue weighted by Crippen LogP contribution is 2.36. The van der Waals surface area contributed by atoms with Gasteiger partial charge in [-0.3, -0.25) is 9.69 Å². The van der Waals surface area contributed by atoms with Crippen LogP contribution in [0.2, 0.25) is 0 Å². The van der Waals surface area contributed by atoms with E-state index in [0.29, 0.717) is 11.2 Å². The van der Waals surface area contributed by atoms with Crippen LogP contribution in [-0.4, -0.2) is 33.9 Å². The Balaban J connectivity index is 1.86. The van der Waals surface area contributed by atoms with Gasteiger partial charge in [-0.1, -0.05) is 36.8 Å². The van der Waals surface area contributed by atoms with Crippen molar-refractivity contribution in [1.29, 1.82) is 0 Å². The Hall–Kier alpha value is -1.42. The summed E-state index contributed by atoms with van der Waals surface area (Å²) < 4.78 is 0. The van der Waals surface area contributed by atoms with Gasteiger partial charge < -0.3 is 4.90 Å². The maximum atomic E-state index is 12.2. The number of hydrogen-bond donors (Lipinski definition) is 0. The van der Waals surface area contributed by atoms with Crippen LogP contribution in [0, 0.1) is 5.92 Å². The Bertz CT molecular complexity index is 502. The molecule has 3 rings (SSSR count). The van der Waals surface area contributed by atoms with Gasteiger partial charge in [-0.25, -0.2) is 0 Å². The van der Waals surface area contributed by atoms with Gasteiger partial charge in [-0.2, -0.15) is 0 Å². The van der Waals surface area contributed by atoms with Crippen molar-refractivity contribution < 1.29 is 4.79 Å². The van der Waals surface area contributed by atoms with Crippen molar-refractivity contribution in [1.82, 2.24) is 9.80 Å². The molecule has 19 heavy (non-hydrogen) atoms. The van der Waals surface area contributed by atoms with E-state index < -0.39 is 0 Å². The van der Waals surface area contributed by atoms with Crippen molar-refractivity contribution in [2.75, 3.05) is 7.05 Å². The number of carbonyl (C=O) groups excluding carboxylic acids is 1. The predicted molar refractivity (Wildman–Crippen MR) is 78.5 cm³/mol. The molecule has 0 aromatic heterocycles. The second kappa shape index (κ2) is 4.93. The van der Waals surface area contributed by atoms with Gasteiger partial charge in [0.05, 0.1) is 5.92 Å². The summed E-state index contributed by atoms with van der Waals surface area (Å²) in [6.45, 7) is 0.804. The molecule has 3 nitrogen and oxygen atoms in total. The minimum atomic E-state index is 0.139. The van der Waals surface area contributed by atoms with Gasteiger partial charge in [-0.15, -0.1) is 0 Å². The van der Waals surface area contributed by atoms with Gasteiger partial charge >= 0.3 is 0 Å². The Morgan fingerprint density at radius 3 is 2.74 bits per heavy atom.